The van der Waals surface area contributed by atoms with Gasteiger partial charge in [0.2, 0.25) is 0 Å². The Morgan fingerprint density at radius 3 is 2.89 bits per heavy atom. The number of primary amides is 1. The largest absolute Gasteiger partial charge is 0.350 e. The average molecular weight is 128 g/mol. The summed E-state index contributed by atoms with van der Waals surface area (Å²) in [5.41, 5.74) is 4.74. The first kappa shape index (κ1) is 8.14. The first-order valence-electron chi connectivity index (χ1n) is 3.09. The molecule has 0 saturated carbocycles. The SMILES string of the molecule is CCCC/C=N/C(N)=O. The molecule has 52 valence electrons. The molecule has 0 radical (unpaired) electrons. The third-order valence-corrected chi connectivity index (χ3v) is 0.905. The van der Waals surface area contributed by atoms with Crippen molar-refractivity contribution in [3.63, 3.8) is 0 Å². The summed E-state index contributed by atoms with van der Waals surface area (Å²) in [6, 6.07) is -0.605. The predicted molar refractivity (Wildman–Crippen MR) is 37.6 cm³/mol. The van der Waals surface area contributed by atoms with E-state index in [0.717, 1.165) is 19.3 Å². The Hall–Kier alpha value is -0.860. The first-order chi connectivity index (χ1) is 4.27. The lowest BCUT2D eigenvalue weighted by molar-refractivity contribution is 0.257. The Morgan fingerprint density at radius 1 is 1.78 bits per heavy atom. The Morgan fingerprint density at radius 2 is 2.44 bits per heavy atom. The predicted octanol–water partition coefficient (Wildman–Crippen LogP) is 1.33. The Balaban J connectivity index is 3.15. The van der Waals surface area contributed by atoms with E-state index >= 15 is 0 Å². The number of carbonyl (C=O) groups excluding carboxylic acids is 1. The molecule has 0 spiro atoms. The standard InChI is InChI=1S/C6H12N2O/c1-2-3-4-5-8-6(7)9/h5H,2-4H2,1H3,(H2,7,9)/b8-5+. The van der Waals surface area contributed by atoms with Crippen molar-refractivity contribution in [2.45, 2.75) is 26.2 Å². The van der Waals surface area contributed by atoms with Gasteiger partial charge in [0.1, 0.15) is 0 Å². The lowest BCUT2D eigenvalue weighted by Gasteiger charge is -1.84. The van der Waals surface area contributed by atoms with Crippen LogP contribution >= 0.6 is 0 Å². The van der Waals surface area contributed by atoms with Crippen LogP contribution in [0.5, 0.6) is 0 Å². The monoisotopic (exact) mass is 128 g/mol. The highest BCUT2D eigenvalue weighted by atomic mass is 16.2. The Labute approximate surface area is 55.0 Å². The maximum atomic E-state index is 9.99. The number of rotatable bonds is 3. The Kier molecular flexibility index (Phi) is 4.78. The number of aliphatic imine (C=N–C) groups is 1. The van der Waals surface area contributed by atoms with Gasteiger partial charge in [-0.15, -0.1) is 0 Å². The minimum atomic E-state index is -0.605. The third kappa shape index (κ3) is 7.14. The van der Waals surface area contributed by atoms with Gasteiger partial charge in [-0.1, -0.05) is 13.3 Å². The fourth-order valence-electron chi connectivity index (χ4n) is 0.450. The highest BCUT2D eigenvalue weighted by Gasteiger charge is 1.81. The van der Waals surface area contributed by atoms with Crippen LogP contribution in [-0.2, 0) is 0 Å². The summed E-state index contributed by atoms with van der Waals surface area (Å²) in [7, 11) is 0. The van der Waals surface area contributed by atoms with Crippen LogP contribution in [0.1, 0.15) is 26.2 Å². The van der Waals surface area contributed by atoms with Crippen LogP contribution in [-0.4, -0.2) is 12.2 Å². The molecular formula is C6H12N2O. The Bertz CT molecular complexity index is 110. The summed E-state index contributed by atoms with van der Waals surface area (Å²) in [4.78, 5) is 13.4. The molecule has 3 nitrogen and oxygen atoms in total. The van der Waals surface area contributed by atoms with Gasteiger partial charge in [0.05, 0.1) is 0 Å². The molecule has 0 aliphatic carbocycles. The third-order valence-electron chi connectivity index (χ3n) is 0.905. The van der Waals surface area contributed by atoms with E-state index in [0.29, 0.717) is 0 Å². The van der Waals surface area contributed by atoms with Gasteiger partial charge in [0, 0.05) is 6.21 Å². The van der Waals surface area contributed by atoms with E-state index in [-0.39, 0.29) is 0 Å². The number of unbranched alkanes of at least 4 members (excludes halogenated alkanes) is 2. The van der Waals surface area contributed by atoms with Gasteiger partial charge in [-0.2, -0.15) is 0 Å². The van der Waals surface area contributed by atoms with Crippen LogP contribution in [0.25, 0.3) is 0 Å². The van der Waals surface area contributed by atoms with Crippen molar-refractivity contribution < 1.29 is 4.79 Å². The highest BCUT2D eigenvalue weighted by molar-refractivity contribution is 5.81. The maximum Gasteiger partial charge on any atom is 0.337 e. The van der Waals surface area contributed by atoms with Crippen LogP contribution in [0.3, 0.4) is 0 Å². The molecule has 0 fully saturated rings. The molecular weight excluding hydrogens is 116 g/mol. The lowest BCUT2D eigenvalue weighted by Crippen LogP contribution is -2.03. The highest BCUT2D eigenvalue weighted by Crippen LogP contribution is 1.89. The van der Waals surface area contributed by atoms with Gasteiger partial charge >= 0.3 is 6.03 Å². The summed E-state index contributed by atoms with van der Waals surface area (Å²) in [6.07, 6.45) is 4.59. The van der Waals surface area contributed by atoms with Crippen molar-refractivity contribution in [2.24, 2.45) is 10.7 Å². The molecule has 0 bridgehead atoms. The van der Waals surface area contributed by atoms with E-state index in [9.17, 15) is 4.79 Å². The quantitative estimate of drug-likeness (QED) is 0.452. The van der Waals surface area contributed by atoms with Gasteiger partial charge in [-0.3, -0.25) is 0 Å². The van der Waals surface area contributed by atoms with E-state index in [2.05, 4.69) is 11.9 Å². The molecule has 0 aromatic heterocycles. The van der Waals surface area contributed by atoms with Crippen molar-refractivity contribution in [3.05, 3.63) is 0 Å². The zero-order valence-corrected chi connectivity index (χ0v) is 5.63. The molecule has 9 heavy (non-hydrogen) atoms. The smallest absolute Gasteiger partial charge is 0.337 e. The first-order valence-corrected chi connectivity index (χ1v) is 3.09. The molecule has 0 unspecified atom stereocenters. The van der Waals surface area contributed by atoms with Gasteiger partial charge in [0.15, 0.2) is 0 Å². The van der Waals surface area contributed by atoms with Crippen molar-refractivity contribution >= 4 is 12.2 Å². The summed E-state index contributed by atoms with van der Waals surface area (Å²) in [5.74, 6) is 0. The molecule has 0 heterocycles. The summed E-state index contributed by atoms with van der Waals surface area (Å²) >= 11 is 0. The average Bonchev–Trinajstić information content (AvgIpc) is 1.80. The van der Waals surface area contributed by atoms with Crippen LogP contribution in [0.4, 0.5) is 4.79 Å². The molecule has 2 N–H and O–H groups in total. The fraction of sp³-hybridized carbons (Fsp3) is 0.667. The van der Waals surface area contributed by atoms with Crippen LogP contribution in [0.2, 0.25) is 0 Å². The summed E-state index contributed by atoms with van der Waals surface area (Å²) in [5, 5.41) is 0. The van der Waals surface area contributed by atoms with E-state index in [1.165, 1.54) is 0 Å². The number of urea groups is 1. The van der Waals surface area contributed by atoms with Crippen LogP contribution in [0, 0.1) is 0 Å². The summed E-state index contributed by atoms with van der Waals surface area (Å²) in [6.45, 7) is 2.08. The van der Waals surface area contributed by atoms with Crippen LogP contribution in [0.15, 0.2) is 4.99 Å². The molecule has 0 saturated heterocycles. The van der Waals surface area contributed by atoms with Gasteiger partial charge in [-0.25, -0.2) is 9.79 Å². The fourth-order valence-corrected chi connectivity index (χ4v) is 0.450. The van der Waals surface area contributed by atoms with Crippen molar-refractivity contribution in [1.29, 1.82) is 0 Å². The van der Waals surface area contributed by atoms with Crippen LogP contribution < -0.4 is 5.73 Å². The normalized spacial score (nSPS) is 10.3. The van der Waals surface area contributed by atoms with Crippen molar-refractivity contribution in [2.75, 3.05) is 0 Å². The van der Waals surface area contributed by atoms with E-state index in [1.807, 2.05) is 0 Å². The van der Waals surface area contributed by atoms with E-state index < -0.39 is 6.03 Å². The molecule has 0 atom stereocenters. The van der Waals surface area contributed by atoms with E-state index in [1.54, 1.807) is 6.21 Å². The van der Waals surface area contributed by atoms with Crippen molar-refractivity contribution in [1.82, 2.24) is 0 Å². The number of carbonyl (C=O) groups is 1. The molecule has 0 aromatic rings. The molecule has 0 aliphatic rings. The zero-order valence-electron chi connectivity index (χ0n) is 5.63. The minimum Gasteiger partial charge on any atom is -0.350 e. The molecule has 2 amide bonds. The second-order valence-corrected chi connectivity index (χ2v) is 1.79. The lowest BCUT2D eigenvalue weighted by atomic mass is 10.3. The topological polar surface area (TPSA) is 55.4 Å². The number of nitrogens with zero attached hydrogens (tertiary/aromatic N) is 1. The second kappa shape index (κ2) is 5.28. The van der Waals surface area contributed by atoms with Gasteiger partial charge in [0.25, 0.3) is 0 Å². The molecule has 3 heteroatoms. The summed E-state index contributed by atoms with van der Waals surface area (Å²) < 4.78 is 0. The molecule has 0 aliphatic heterocycles. The number of hydrogen-bond acceptors (Lipinski definition) is 1. The maximum absolute atomic E-state index is 9.99. The second-order valence-electron chi connectivity index (χ2n) is 1.79. The number of nitrogens with two attached hydrogens (primary N) is 1. The van der Waals surface area contributed by atoms with Gasteiger partial charge < -0.3 is 5.73 Å². The van der Waals surface area contributed by atoms with E-state index in [4.69, 9.17) is 5.73 Å². The number of amides is 2. The zero-order chi connectivity index (χ0) is 7.11. The van der Waals surface area contributed by atoms with Gasteiger partial charge in [-0.05, 0) is 12.8 Å². The van der Waals surface area contributed by atoms with Crippen molar-refractivity contribution in [3.8, 4) is 0 Å². The number of hydrogen-bond donors (Lipinski definition) is 1. The molecule has 0 rings (SSSR count). The minimum absolute atomic E-state index is 0.605. The molecule has 0 aromatic carbocycles.